The monoisotopic (exact) mass is 241 g/mol. The van der Waals surface area contributed by atoms with Crippen molar-refractivity contribution in [2.75, 3.05) is 6.61 Å². The van der Waals surface area contributed by atoms with E-state index in [2.05, 4.69) is 0 Å². The second-order valence-corrected chi connectivity index (χ2v) is 6.15. The normalized spacial score (nSPS) is 29.0. The summed E-state index contributed by atoms with van der Waals surface area (Å²) in [4.78, 5) is 0. The van der Waals surface area contributed by atoms with E-state index in [-0.39, 0.29) is 18.9 Å². The van der Waals surface area contributed by atoms with Gasteiger partial charge in [-0.05, 0) is 18.4 Å². The van der Waals surface area contributed by atoms with E-state index in [1.54, 1.807) is 0 Å². The van der Waals surface area contributed by atoms with Crippen molar-refractivity contribution in [3.8, 4) is 0 Å². The van der Waals surface area contributed by atoms with Crippen LogP contribution in [0.25, 0.3) is 0 Å². The second kappa shape index (κ2) is 3.84. The summed E-state index contributed by atoms with van der Waals surface area (Å²) in [6, 6.07) is 9.43. The van der Waals surface area contributed by atoms with Crippen molar-refractivity contribution in [3.63, 3.8) is 0 Å². The van der Waals surface area contributed by atoms with E-state index in [1.807, 2.05) is 30.3 Å². The summed E-state index contributed by atoms with van der Waals surface area (Å²) < 4.78 is 22.2. The molecule has 5 heteroatoms. The van der Waals surface area contributed by atoms with Gasteiger partial charge in [0.1, 0.15) is 0 Å². The van der Waals surface area contributed by atoms with Crippen LogP contribution in [-0.2, 0) is 10.0 Å². The lowest BCUT2D eigenvalue weighted by atomic mass is 10.1. The van der Waals surface area contributed by atoms with Crippen LogP contribution in [0.15, 0.2) is 30.3 Å². The Morgan fingerprint density at radius 3 is 2.50 bits per heavy atom. The third kappa shape index (κ3) is 1.75. The van der Waals surface area contributed by atoms with Crippen LogP contribution < -0.4 is 5.14 Å². The minimum absolute atomic E-state index is 0.0733. The molecular formula is C11H15NO3S. The molecule has 0 heterocycles. The number of nitrogens with two attached hydrogens (primary N) is 1. The first-order valence-electron chi connectivity index (χ1n) is 5.19. The van der Waals surface area contributed by atoms with Crippen LogP contribution in [0.1, 0.15) is 24.3 Å². The van der Waals surface area contributed by atoms with Crippen molar-refractivity contribution in [3.05, 3.63) is 35.9 Å². The van der Waals surface area contributed by atoms with Crippen LogP contribution in [0.3, 0.4) is 0 Å². The Bertz CT molecular complexity index is 471. The molecule has 16 heavy (non-hydrogen) atoms. The highest BCUT2D eigenvalue weighted by Gasteiger charge is 2.62. The molecule has 0 bridgehead atoms. The minimum Gasteiger partial charge on any atom is -0.396 e. The third-order valence-corrected chi connectivity index (χ3v) is 5.12. The standard InChI is InChI=1S/C11H15NO3S/c12-16(14,15)11(6-7-13)8-10(11)9-4-2-1-3-5-9/h1-5,10,13H,6-8H2,(H2,12,14,15). The highest BCUT2D eigenvalue weighted by molar-refractivity contribution is 7.91. The zero-order valence-electron chi connectivity index (χ0n) is 8.83. The highest BCUT2D eigenvalue weighted by Crippen LogP contribution is 2.57. The van der Waals surface area contributed by atoms with Gasteiger partial charge in [-0.1, -0.05) is 30.3 Å². The molecule has 4 nitrogen and oxygen atoms in total. The van der Waals surface area contributed by atoms with Crippen molar-refractivity contribution >= 4 is 10.0 Å². The maximum Gasteiger partial charge on any atom is 0.215 e. The van der Waals surface area contributed by atoms with Gasteiger partial charge in [-0.15, -0.1) is 0 Å². The fourth-order valence-electron chi connectivity index (χ4n) is 2.32. The summed E-state index contributed by atoms with van der Waals surface area (Å²) in [7, 11) is -3.61. The van der Waals surface area contributed by atoms with E-state index in [1.165, 1.54) is 0 Å². The molecule has 3 N–H and O–H groups in total. The van der Waals surface area contributed by atoms with Crippen molar-refractivity contribution in [1.82, 2.24) is 0 Å². The number of hydrogen-bond donors (Lipinski definition) is 2. The molecule has 0 aromatic heterocycles. The molecule has 1 aromatic rings. The maximum atomic E-state index is 11.6. The van der Waals surface area contributed by atoms with Gasteiger partial charge in [-0.2, -0.15) is 0 Å². The lowest BCUT2D eigenvalue weighted by Gasteiger charge is -2.13. The fourth-order valence-corrected chi connectivity index (χ4v) is 3.62. The predicted molar refractivity (Wildman–Crippen MR) is 61.3 cm³/mol. The lowest BCUT2D eigenvalue weighted by molar-refractivity contribution is 0.281. The van der Waals surface area contributed by atoms with E-state index in [4.69, 9.17) is 10.2 Å². The molecule has 1 aliphatic rings. The van der Waals surface area contributed by atoms with Crippen LogP contribution >= 0.6 is 0 Å². The molecule has 1 saturated carbocycles. The second-order valence-electron chi connectivity index (χ2n) is 4.25. The van der Waals surface area contributed by atoms with Crippen LogP contribution in [0, 0.1) is 0 Å². The van der Waals surface area contributed by atoms with Crippen molar-refractivity contribution < 1.29 is 13.5 Å². The quantitative estimate of drug-likeness (QED) is 0.809. The summed E-state index contributed by atoms with van der Waals surface area (Å²) in [6.07, 6.45) is 0.724. The maximum absolute atomic E-state index is 11.6. The van der Waals surface area contributed by atoms with Gasteiger partial charge in [0, 0.05) is 12.5 Å². The van der Waals surface area contributed by atoms with E-state index >= 15 is 0 Å². The van der Waals surface area contributed by atoms with Crippen molar-refractivity contribution in [2.24, 2.45) is 5.14 Å². The molecule has 0 spiro atoms. The van der Waals surface area contributed by atoms with E-state index in [0.717, 1.165) is 5.56 Å². The number of aliphatic hydroxyl groups excluding tert-OH is 1. The summed E-state index contributed by atoms with van der Waals surface area (Å²) in [5, 5.41) is 14.2. The van der Waals surface area contributed by atoms with E-state index in [9.17, 15) is 8.42 Å². The average Bonchev–Trinajstić information content (AvgIpc) is 2.95. The molecule has 88 valence electrons. The molecule has 1 aromatic carbocycles. The van der Waals surface area contributed by atoms with Gasteiger partial charge in [0.05, 0.1) is 4.75 Å². The fraction of sp³-hybridized carbons (Fsp3) is 0.455. The first-order chi connectivity index (χ1) is 7.51. The number of rotatable bonds is 4. The molecule has 0 amide bonds. The highest BCUT2D eigenvalue weighted by atomic mass is 32.2. The Morgan fingerprint density at radius 1 is 1.38 bits per heavy atom. The Morgan fingerprint density at radius 2 is 2.00 bits per heavy atom. The molecule has 0 radical (unpaired) electrons. The Kier molecular flexibility index (Phi) is 2.77. The Labute approximate surface area is 95.1 Å². The summed E-state index contributed by atoms with van der Waals surface area (Å²) in [5.41, 5.74) is 0.977. The van der Waals surface area contributed by atoms with Gasteiger partial charge in [0.25, 0.3) is 0 Å². The zero-order valence-corrected chi connectivity index (χ0v) is 9.65. The topological polar surface area (TPSA) is 80.4 Å². The van der Waals surface area contributed by atoms with Gasteiger partial charge in [0.2, 0.25) is 10.0 Å². The molecule has 0 aliphatic heterocycles. The Hall–Kier alpha value is -0.910. The van der Waals surface area contributed by atoms with Crippen LogP contribution in [0.5, 0.6) is 0 Å². The number of hydrogen-bond acceptors (Lipinski definition) is 3. The van der Waals surface area contributed by atoms with Gasteiger partial charge in [-0.25, -0.2) is 13.6 Å². The van der Waals surface area contributed by atoms with Gasteiger partial charge < -0.3 is 5.11 Å². The number of primary sulfonamides is 1. The average molecular weight is 241 g/mol. The lowest BCUT2D eigenvalue weighted by Crippen LogP contribution is -2.33. The van der Waals surface area contributed by atoms with Crippen LogP contribution in [-0.4, -0.2) is 24.9 Å². The summed E-state index contributed by atoms with van der Waals surface area (Å²) >= 11 is 0. The molecular weight excluding hydrogens is 226 g/mol. The van der Waals surface area contributed by atoms with E-state index < -0.39 is 14.8 Å². The van der Waals surface area contributed by atoms with E-state index in [0.29, 0.717) is 6.42 Å². The van der Waals surface area contributed by atoms with Crippen molar-refractivity contribution in [2.45, 2.75) is 23.5 Å². The largest absolute Gasteiger partial charge is 0.396 e. The molecule has 0 saturated heterocycles. The molecule has 1 fully saturated rings. The van der Waals surface area contributed by atoms with Crippen LogP contribution in [0.4, 0.5) is 0 Å². The molecule has 2 unspecified atom stereocenters. The van der Waals surface area contributed by atoms with Gasteiger partial charge in [-0.3, -0.25) is 0 Å². The SMILES string of the molecule is NS(=O)(=O)C1(CCO)CC1c1ccccc1. The number of sulfonamides is 1. The minimum atomic E-state index is -3.61. The van der Waals surface area contributed by atoms with Crippen LogP contribution in [0.2, 0.25) is 0 Å². The zero-order chi connectivity index (χ0) is 11.8. The van der Waals surface area contributed by atoms with Gasteiger partial charge in [0.15, 0.2) is 0 Å². The van der Waals surface area contributed by atoms with Gasteiger partial charge >= 0.3 is 0 Å². The molecule has 2 rings (SSSR count). The Balaban J connectivity index is 2.30. The smallest absolute Gasteiger partial charge is 0.215 e. The van der Waals surface area contributed by atoms with Crippen molar-refractivity contribution in [1.29, 1.82) is 0 Å². The first-order valence-corrected chi connectivity index (χ1v) is 6.74. The summed E-state index contributed by atoms with van der Waals surface area (Å²) in [5.74, 6) is -0.0733. The predicted octanol–water partition coefficient (Wildman–Crippen LogP) is 0.584. The number of benzene rings is 1. The number of aliphatic hydroxyl groups is 1. The molecule has 2 atom stereocenters. The first kappa shape index (κ1) is 11.6. The third-order valence-electron chi connectivity index (χ3n) is 3.33. The molecule has 1 aliphatic carbocycles. The summed E-state index contributed by atoms with van der Waals surface area (Å²) in [6.45, 7) is -0.153.